The molecule has 0 aliphatic rings. The summed E-state index contributed by atoms with van der Waals surface area (Å²) in [5.41, 5.74) is 0.783. The summed E-state index contributed by atoms with van der Waals surface area (Å²) in [6.07, 6.45) is 0. The topological polar surface area (TPSA) is 24.7 Å². The van der Waals surface area contributed by atoms with Crippen molar-refractivity contribution in [3.8, 4) is 0 Å². The molecule has 1 aromatic carbocycles. The van der Waals surface area contributed by atoms with E-state index in [2.05, 4.69) is 26.2 Å². The SMILES string of the molecule is CC(C)(C)N=Nc1ccc(Br)cc1. The molecule has 3 heteroatoms. The molecule has 0 aliphatic carbocycles. The highest BCUT2D eigenvalue weighted by molar-refractivity contribution is 9.10. The molecular formula is C10H13BrN2. The highest BCUT2D eigenvalue weighted by Crippen LogP contribution is 2.19. The Morgan fingerprint density at radius 1 is 1.08 bits per heavy atom. The highest BCUT2D eigenvalue weighted by atomic mass is 79.9. The summed E-state index contributed by atoms with van der Waals surface area (Å²) in [6.45, 7) is 6.07. The van der Waals surface area contributed by atoms with E-state index in [1.807, 2.05) is 45.0 Å². The third-order valence-corrected chi connectivity index (χ3v) is 1.82. The van der Waals surface area contributed by atoms with E-state index in [0.29, 0.717) is 0 Å². The maximum absolute atomic E-state index is 4.17. The first kappa shape index (κ1) is 10.4. The van der Waals surface area contributed by atoms with Crippen molar-refractivity contribution in [1.29, 1.82) is 0 Å². The van der Waals surface area contributed by atoms with Crippen molar-refractivity contribution in [2.24, 2.45) is 10.2 Å². The van der Waals surface area contributed by atoms with Gasteiger partial charge in [-0.2, -0.15) is 10.2 Å². The first-order valence-electron chi connectivity index (χ1n) is 4.16. The minimum absolute atomic E-state index is 0.104. The van der Waals surface area contributed by atoms with Crippen LogP contribution in [0.15, 0.2) is 39.0 Å². The summed E-state index contributed by atoms with van der Waals surface area (Å²) < 4.78 is 1.06. The first-order valence-corrected chi connectivity index (χ1v) is 4.95. The number of benzene rings is 1. The van der Waals surface area contributed by atoms with Gasteiger partial charge in [-0.1, -0.05) is 15.9 Å². The van der Waals surface area contributed by atoms with Gasteiger partial charge >= 0.3 is 0 Å². The maximum Gasteiger partial charge on any atom is 0.0853 e. The number of hydrogen-bond donors (Lipinski definition) is 0. The van der Waals surface area contributed by atoms with Crippen molar-refractivity contribution in [2.45, 2.75) is 26.3 Å². The van der Waals surface area contributed by atoms with Crippen LogP contribution in [0.1, 0.15) is 20.8 Å². The molecule has 0 aromatic heterocycles. The fourth-order valence-corrected chi connectivity index (χ4v) is 0.980. The zero-order chi connectivity index (χ0) is 9.90. The van der Waals surface area contributed by atoms with Gasteiger partial charge in [0.05, 0.1) is 11.2 Å². The second kappa shape index (κ2) is 4.01. The Hall–Kier alpha value is -0.700. The van der Waals surface area contributed by atoms with Crippen molar-refractivity contribution in [3.05, 3.63) is 28.7 Å². The van der Waals surface area contributed by atoms with Gasteiger partial charge in [0, 0.05) is 4.47 Å². The predicted octanol–water partition coefficient (Wildman–Crippen LogP) is 4.33. The molecule has 0 bridgehead atoms. The van der Waals surface area contributed by atoms with Gasteiger partial charge in [0.1, 0.15) is 0 Å². The molecule has 1 aromatic rings. The van der Waals surface area contributed by atoms with Crippen LogP contribution in [0.5, 0.6) is 0 Å². The Morgan fingerprint density at radius 3 is 2.08 bits per heavy atom. The van der Waals surface area contributed by atoms with Crippen LogP contribution in [0.4, 0.5) is 5.69 Å². The lowest BCUT2D eigenvalue weighted by Crippen LogP contribution is -2.07. The second-order valence-corrected chi connectivity index (χ2v) is 4.76. The molecule has 0 spiro atoms. The molecule has 2 nitrogen and oxygen atoms in total. The van der Waals surface area contributed by atoms with Crippen LogP contribution in [-0.4, -0.2) is 5.54 Å². The third-order valence-electron chi connectivity index (χ3n) is 1.29. The molecule has 0 aliphatic heterocycles. The van der Waals surface area contributed by atoms with Gasteiger partial charge in [0.25, 0.3) is 0 Å². The molecule has 0 atom stereocenters. The molecule has 1 rings (SSSR count). The Kier molecular flexibility index (Phi) is 3.20. The predicted molar refractivity (Wildman–Crippen MR) is 58.4 cm³/mol. The molecule has 0 saturated heterocycles. The van der Waals surface area contributed by atoms with Crippen molar-refractivity contribution in [2.75, 3.05) is 0 Å². The molecule has 0 unspecified atom stereocenters. The van der Waals surface area contributed by atoms with Crippen LogP contribution in [0.3, 0.4) is 0 Å². The molecule has 70 valence electrons. The van der Waals surface area contributed by atoms with E-state index >= 15 is 0 Å². The lowest BCUT2D eigenvalue weighted by Gasteiger charge is -2.08. The highest BCUT2D eigenvalue weighted by Gasteiger charge is 2.06. The zero-order valence-electron chi connectivity index (χ0n) is 8.08. The van der Waals surface area contributed by atoms with Crippen molar-refractivity contribution >= 4 is 21.6 Å². The van der Waals surface area contributed by atoms with E-state index in [0.717, 1.165) is 10.2 Å². The van der Waals surface area contributed by atoms with Crippen molar-refractivity contribution in [3.63, 3.8) is 0 Å². The average molecular weight is 241 g/mol. The Balaban J connectivity index is 2.75. The normalized spacial score (nSPS) is 12.3. The van der Waals surface area contributed by atoms with Gasteiger partial charge in [-0.15, -0.1) is 0 Å². The van der Waals surface area contributed by atoms with Crippen molar-refractivity contribution < 1.29 is 0 Å². The van der Waals surface area contributed by atoms with Gasteiger partial charge in [-0.25, -0.2) is 0 Å². The summed E-state index contributed by atoms with van der Waals surface area (Å²) in [4.78, 5) is 0. The van der Waals surface area contributed by atoms with Gasteiger partial charge in [0.15, 0.2) is 0 Å². The summed E-state index contributed by atoms with van der Waals surface area (Å²) in [6, 6.07) is 7.77. The third kappa shape index (κ3) is 4.18. The van der Waals surface area contributed by atoms with E-state index in [4.69, 9.17) is 0 Å². The van der Waals surface area contributed by atoms with Crippen molar-refractivity contribution in [1.82, 2.24) is 0 Å². The van der Waals surface area contributed by atoms with Gasteiger partial charge < -0.3 is 0 Å². The number of rotatable bonds is 1. The lowest BCUT2D eigenvalue weighted by atomic mass is 10.1. The molecule has 0 fully saturated rings. The number of hydrogen-bond acceptors (Lipinski definition) is 2. The fourth-order valence-electron chi connectivity index (χ4n) is 0.715. The molecular weight excluding hydrogens is 228 g/mol. The summed E-state index contributed by atoms with van der Waals surface area (Å²) >= 11 is 3.36. The minimum Gasteiger partial charge on any atom is -0.183 e. The second-order valence-electron chi connectivity index (χ2n) is 3.85. The molecule has 0 saturated carbocycles. The van der Waals surface area contributed by atoms with E-state index < -0.39 is 0 Å². The molecule has 0 radical (unpaired) electrons. The average Bonchev–Trinajstić information content (AvgIpc) is 2.02. The van der Waals surface area contributed by atoms with Crippen LogP contribution >= 0.6 is 15.9 Å². The zero-order valence-corrected chi connectivity index (χ0v) is 9.67. The molecule has 0 amide bonds. The number of azo groups is 1. The van der Waals surface area contributed by atoms with E-state index in [9.17, 15) is 0 Å². The van der Waals surface area contributed by atoms with Gasteiger partial charge in [-0.3, -0.25) is 0 Å². The lowest BCUT2D eigenvalue weighted by molar-refractivity contribution is 0.552. The smallest absolute Gasteiger partial charge is 0.0853 e. The maximum atomic E-state index is 4.17. The van der Waals surface area contributed by atoms with Crippen LogP contribution in [0, 0.1) is 0 Å². The molecule has 0 N–H and O–H groups in total. The summed E-state index contributed by atoms with van der Waals surface area (Å²) in [7, 11) is 0. The fraction of sp³-hybridized carbons (Fsp3) is 0.400. The first-order chi connectivity index (χ1) is 5.97. The van der Waals surface area contributed by atoms with E-state index in [1.165, 1.54) is 0 Å². The summed E-state index contributed by atoms with van der Waals surface area (Å²) in [5.74, 6) is 0. The Labute approximate surface area is 87.2 Å². The quantitative estimate of drug-likeness (QED) is 0.653. The summed E-state index contributed by atoms with van der Waals surface area (Å²) in [5, 5.41) is 8.29. The van der Waals surface area contributed by atoms with Crippen LogP contribution in [0.25, 0.3) is 0 Å². The Morgan fingerprint density at radius 2 is 1.62 bits per heavy atom. The largest absolute Gasteiger partial charge is 0.183 e. The Bertz CT molecular complexity index is 296. The monoisotopic (exact) mass is 240 g/mol. The van der Waals surface area contributed by atoms with Crippen LogP contribution in [-0.2, 0) is 0 Å². The number of nitrogens with zero attached hydrogens (tertiary/aromatic N) is 2. The van der Waals surface area contributed by atoms with Gasteiger partial charge in [-0.05, 0) is 45.0 Å². The number of halogens is 1. The molecule has 0 heterocycles. The molecule has 13 heavy (non-hydrogen) atoms. The van der Waals surface area contributed by atoms with Crippen LogP contribution < -0.4 is 0 Å². The standard InChI is InChI=1S/C10H13BrN2/c1-10(2,3)13-12-9-6-4-8(11)5-7-9/h4-7H,1-3H3. The van der Waals surface area contributed by atoms with E-state index in [1.54, 1.807) is 0 Å². The van der Waals surface area contributed by atoms with Gasteiger partial charge in [0.2, 0.25) is 0 Å². The van der Waals surface area contributed by atoms with E-state index in [-0.39, 0.29) is 5.54 Å². The minimum atomic E-state index is -0.104. The van der Waals surface area contributed by atoms with Crippen LogP contribution in [0.2, 0.25) is 0 Å².